The van der Waals surface area contributed by atoms with E-state index in [2.05, 4.69) is 46.6 Å². The molecule has 2 fully saturated rings. The fraction of sp³-hybridized carbons (Fsp3) is 1.00. The van der Waals surface area contributed by atoms with Crippen LogP contribution in [0.5, 0.6) is 0 Å². The van der Waals surface area contributed by atoms with Gasteiger partial charge in [0, 0.05) is 25.9 Å². The van der Waals surface area contributed by atoms with E-state index < -0.39 is 0 Å². The largest absolute Gasteiger partial charge is 0.347 e. The van der Waals surface area contributed by atoms with Crippen LogP contribution in [0.2, 0.25) is 0 Å². The van der Waals surface area contributed by atoms with Crippen molar-refractivity contribution in [2.24, 2.45) is 17.3 Å². The molecule has 0 bridgehead atoms. The summed E-state index contributed by atoms with van der Waals surface area (Å²) in [7, 11) is 2.21. The van der Waals surface area contributed by atoms with E-state index in [1.54, 1.807) is 0 Å². The number of hydrogen-bond acceptors (Lipinski definition) is 3. The molecule has 3 nitrogen and oxygen atoms in total. The first-order valence-corrected chi connectivity index (χ1v) is 10.3. The zero-order chi connectivity index (χ0) is 17.8. The van der Waals surface area contributed by atoms with Crippen LogP contribution in [0.1, 0.15) is 79.6 Å². The topological polar surface area (TPSA) is 21.7 Å². The fourth-order valence-corrected chi connectivity index (χ4v) is 4.79. The van der Waals surface area contributed by atoms with Gasteiger partial charge in [-0.2, -0.15) is 0 Å². The van der Waals surface area contributed by atoms with Gasteiger partial charge in [0.05, 0.1) is 12.7 Å². The molecule has 1 saturated carbocycles. The van der Waals surface area contributed by atoms with Gasteiger partial charge in [0.25, 0.3) is 0 Å². The van der Waals surface area contributed by atoms with E-state index in [0.29, 0.717) is 11.5 Å². The minimum atomic E-state index is -0.250. The lowest BCUT2D eigenvalue weighted by atomic mass is 9.68. The van der Waals surface area contributed by atoms with Gasteiger partial charge in [-0.1, -0.05) is 41.0 Å². The van der Waals surface area contributed by atoms with Gasteiger partial charge in [-0.05, 0) is 50.0 Å². The van der Waals surface area contributed by atoms with Crippen molar-refractivity contribution in [2.45, 2.75) is 91.5 Å². The van der Waals surface area contributed by atoms with E-state index in [0.717, 1.165) is 50.8 Å². The molecular weight excluding hydrogens is 298 g/mol. The average Bonchev–Trinajstić information content (AvgIpc) is 2.88. The molecule has 3 heteroatoms. The molecule has 0 radical (unpaired) electrons. The second kappa shape index (κ2) is 8.51. The molecule has 24 heavy (non-hydrogen) atoms. The fourth-order valence-electron chi connectivity index (χ4n) is 4.79. The lowest BCUT2D eigenvalue weighted by molar-refractivity contribution is -0.197. The van der Waals surface area contributed by atoms with Crippen LogP contribution in [0, 0.1) is 17.3 Å². The van der Waals surface area contributed by atoms with Crippen molar-refractivity contribution in [3.05, 3.63) is 0 Å². The van der Waals surface area contributed by atoms with Gasteiger partial charge in [0.2, 0.25) is 0 Å². The Bertz CT molecular complexity index is 372. The second-order valence-electron chi connectivity index (χ2n) is 9.42. The van der Waals surface area contributed by atoms with Crippen LogP contribution in [0.25, 0.3) is 0 Å². The van der Waals surface area contributed by atoms with Gasteiger partial charge in [0.15, 0.2) is 5.79 Å². The first kappa shape index (κ1) is 20.2. The molecule has 1 spiro atoms. The third kappa shape index (κ3) is 5.44. The Morgan fingerprint density at radius 1 is 1.21 bits per heavy atom. The van der Waals surface area contributed by atoms with Gasteiger partial charge >= 0.3 is 0 Å². The summed E-state index contributed by atoms with van der Waals surface area (Å²) in [5.41, 5.74) is 0.466. The highest BCUT2D eigenvalue weighted by Gasteiger charge is 2.46. The van der Waals surface area contributed by atoms with Crippen molar-refractivity contribution in [2.75, 3.05) is 26.7 Å². The molecular formula is C21H41NO2. The molecule has 1 unspecified atom stereocenters. The predicted molar refractivity (Wildman–Crippen MR) is 101 cm³/mol. The molecule has 1 atom stereocenters. The van der Waals surface area contributed by atoms with Gasteiger partial charge in [-0.25, -0.2) is 0 Å². The molecule has 1 aliphatic carbocycles. The lowest BCUT2D eigenvalue weighted by Gasteiger charge is -2.42. The highest BCUT2D eigenvalue weighted by molar-refractivity contribution is 4.90. The highest BCUT2D eigenvalue weighted by Crippen LogP contribution is 2.47. The van der Waals surface area contributed by atoms with Crippen molar-refractivity contribution in [3.63, 3.8) is 0 Å². The maximum Gasteiger partial charge on any atom is 0.168 e. The van der Waals surface area contributed by atoms with Crippen LogP contribution in [0.3, 0.4) is 0 Å². The zero-order valence-corrected chi connectivity index (χ0v) is 17.1. The number of rotatable bonds is 8. The van der Waals surface area contributed by atoms with E-state index in [1.165, 1.54) is 25.7 Å². The number of nitrogens with zero attached hydrogens (tertiary/aromatic N) is 1. The Morgan fingerprint density at radius 3 is 2.46 bits per heavy atom. The summed E-state index contributed by atoms with van der Waals surface area (Å²) in [6, 6.07) is 0. The van der Waals surface area contributed by atoms with Crippen molar-refractivity contribution in [1.82, 2.24) is 4.90 Å². The summed E-state index contributed by atoms with van der Waals surface area (Å²) in [6.45, 7) is 14.8. The van der Waals surface area contributed by atoms with Crippen LogP contribution in [0.15, 0.2) is 0 Å². The molecule has 0 amide bonds. The maximum atomic E-state index is 6.42. The molecule has 1 saturated heterocycles. The SMILES string of the molecule is CCCC(C)(C)C1CCC2(CC1)OCC(CCN(C)CC(C)C)O2. The molecule has 0 N–H and O–H groups in total. The molecule has 0 aromatic rings. The Labute approximate surface area is 150 Å². The van der Waals surface area contributed by atoms with Gasteiger partial charge in [-0.3, -0.25) is 0 Å². The van der Waals surface area contributed by atoms with Crippen LogP contribution in [-0.2, 0) is 9.47 Å². The highest BCUT2D eigenvalue weighted by atomic mass is 16.7. The Morgan fingerprint density at radius 2 is 1.88 bits per heavy atom. The molecule has 142 valence electrons. The number of ether oxygens (including phenoxy) is 2. The molecule has 1 heterocycles. The normalized spacial score (nSPS) is 31.5. The van der Waals surface area contributed by atoms with E-state index in [-0.39, 0.29) is 5.79 Å². The van der Waals surface area contributed by atoms with Crippen LogP contribution >= 0.6 is 0 Å². The Kier molecular flexibility index (Phi) is 7.16. The lowest BCUT2D eigenvalue weighted by Crippen LogP contribution is -2.39. The standard InChI is InChI=1S/C21H41NO2/c1-7-11-20(4,5)18-8-12-21(13-9-18)23-16-19(24-21)10-14-22(6)15-17(2)3/h17-19H,7-16H2,1-6H3. The summed E-state index contributed by atoms with van der Waals surface area (Å²) >= 11 is 0. The summed E-state index contributed by atoms with van der Waals surface area (Å²) in [6.07, 6.45) is 8.69. The minimum Gasteiger partial charge on any atom is -0.347 e. The minimum absolute atomic E-state index is 0.250. The van der Waals surface area contributed by atoms with E-state index >= 15 is 0 Å². The summed E-state index contributed by atoms with van der Waals surface area (Å²) in [5.74, 6) is 1.30. The first-order chi connectivity index (χ1) is 11.3. The molecule has 1 aliphatic heterocycles. The van der Waals surface area contributed by atoms with Crippen LogP contribution in [0.4, 0.5) is 0 Å². The second-order valence-corrected chi connectivity index (χ2v) is 9.42. The molecule has 2 aliphatic rings. The third-order valence-electron chi connectivity index (χ3n) is 6.17. The summed E-state index contributed by atoms with van der Waals surface area (Å²) in [4.78, 5) is 2.42. The van der Waals surface area contributed by atoms with Crippen molar-refractivity contribution < 1.29 is 9.47 Å². The molecule has 2 rings (SSSR count). The Hall–Kier alpha value is -0.120. The third-order valence-corrected chi connectivity index (χ3v) is 6.17. The van der Waals surface area contributed by atoms with Crippen LogP contribution in [-0.4, -0.2) is 43.5 Å². The number of hydrogen-bond donors (Lipinski definition) is 0. The summed E-state index contributed by atoms with van der Waals surface area (Å²) in [5, 5.41) is 0. The first-order valence-electron chi connectivity index (χ1n) is 10.3. The van der Waals surface area contributed by atoms with E-state index in [4.69, 9.17) is 9.47 Å². The predicted octanol–water partition coefficient (Wildman–Crippen LogP) is 5.09. The van der Waals surface area contributed by atoms with Gasteiger partial charge < -0.3 is 14.4 Å². The van der Waals surface area contributed by atoms with E-state index in [9.17, 15) is 0 Å². The maximum absolute atomic E-state index is 6.42. The zero-order valence-electron chi connectivity index (χ0n) is 17.1. The van der Waals surface area contributed by atoms with E-state index in [1.807, 2.05) is 0 Å². The Balaban J connectivity index is 1.75. The van der Waals surface area contributed by atoms with Crippen molar-refractivity contribution in [1.29, 1.82) is 0 Å². The summed E-state index contributed by atoms with van der Waals surface area (Å²) < 4.78 is 12.6. The smallest absolute Gasteiger partial charge is 0.168 e. The monoisotopic (exact) mass is 339 g/mol. The van der Waals surface area contributed by atoms with Crippen molar-refractivity contribution in [3.8, 4) is 0 Å². The van der Waals surface area contributed by atoms with Gasteiger partial charge in [0.1, 0.15) is 0 Å². The van der Waals surface area contributed by atoms with Crippen molar-refractivity contribution >= 4 is 0 Å². The molecule has 0 aromatic heterocycles. The average molecular weight is 340 g/mol. The molecule has 0 aromatic carbocycles. The van der Waals surface area contributed by atoms with Gasteiger partial charge in [-0.15, -0.1) is 0 Å². The van der Waals surface area contributed by atoms with Crippen LogP contribution < -0.4 is 0 Å². The quantitative estimate of drug-likeness (QED) is 0.614.